The highest BCUT2D eigenvalue weighted by Crippen LogP contribution is 2.40. The Kier molecular flexibility index (Phi) is 4.13. The second kappa shape index (κ2) is 6.39. The Morgan fingerprint density at radius 1 is 1.21 bits per heavy atom. The van der Waals surface area contributed by atoms with Gasteiger partial charge in [0.2, 0.25) is 11.3 Å². The highest BCUT2D eigenvalue weighted by molar-refractivity contribution is 5.97. The normalized spacial score (nSPS) is 16.3. The van der Waals surface area contributed by atoms with E-state index in [2.05, 4.69) is 0 Å². The lowest BCUT2D eigenvalue weighted by Gasteiger charge is -2.38. The van der Waals surface area contributed by atoms with Crippen molar-refractivity contribution in [3.05, 3.63) is 33.9 Å². The molecule has 9 nitrogen and oxygen atoms in total. The number of hydrogen-bond acceptors (Lipinski definition) is 6. The zero-order valence-electron chi connectivity index (χ0n) is 15.4. The Morgan fingerprint density at radius 3 is 2.50 bits per heavy atom. The van der Waals surface area contributed by atoms with Gasteiger partial charge in [0.05, 0.1) is 5.39 Å². The highest BCUT2D eigenvalue weighted by Gasteiger charge is 2.31. The molecule has 1 saturated heterocycles. The third-order valence-corrected chi connectivity index (χ3v) is 5.19. The summed E-state index contributed by atoms with van der Waals surface area (Å²) >= 11 is 0. The number of halogens is 1. The number of amides is 1. The number of anilines is 1. The maximum atomic E-state index is 15.1. The van der Waals surface area contributed by atoms with E-state index in [0.717, 1.165) is 6.07 Å². The molecule has 0 aliphatic carbocycles. The van der Waals surface area contributed by atoms with Crippen LogP contribution in [0.3, 0.4) is 0 Å². The molecule has 3 heterocycles. The van der Waals surface area contributed by atoms with Crippen LogP contribution in [0.4, 0.5) is 10.1 Å². The van der Waals surface area contributed by atoms with E-state index in [1.165, 1.54) is 17.8 Å². The summed E-state index contributed by atoms with van der Waals surface area (Å²) < 4.78 is 22.3. The lowest BCUT2D eigenvalue weighted by molar-refractivity contribution is -0.129. The molecule has 0 saturated carbocycles. The molecule has 1 aromatic carbocycles. The summed E-state index contributed by atoms with van der Waals surface area (Å²) in [4.78, 5) is 39.0. The third kappa shape index (κ3) is 2.63. The van der Waals surface area contributed by atoms with Crippen LogP contribution in [-0.4, -0.2) is 66.5 Å². The number of carboxylic acids is 1. The van der Waals surface area contributed by atoms with E-state index in [1.54, 1.807) is 21.9 Å². The molecule has 2 aromatic rings. The number of nitrogens with zero attached hydrogens (tertiary/aromatic N) is 4. The van der Waals surface area contributed by atoms with Crippen molar-refractivity contribution in [1.82, 2.24) is 9.58 Å². The molecule has 1 N–H and O–H groups in total. The molecule has 2 aliphatic heterocycles. The van der Waals surface area contributed by atoms with Gasteiger partial charge in [0.25, 0.3) is 0 Å². The molecule has 0 unspecified atom stereocenters. The molecule has 4 rings (SSSR count). The summed E-state index contributed by atoms with van der Waals surface area (Å²) in [7, 11) is 1.67. The van der Waals surface area contributed by atoms with Crippen molar-refractivity contribution in [2.45, 2.75) is 6.92 Å². The van der Waals surface area contributed by atoms with Crippen LogP contribution in [0.25, 0.3) is 10.9 Å². The van der Waals surface area contributed by atoms with Crippen molar-refractivity contribution >= 4 is 28.5 Å². The number of benzene rings is 1. The van der Waals surface area contributed by atoms with Crippen LogP contribution in [-0.2, 0) is 4.79 Å². The Bertz CT molecular complexity index is 1060. The number of piperazine rings is 1. The van der Waals surface area contributed by atoms with Crippen LogP contribution in [0.2, 0.25) is 0 Å². The number of hydrogen-bond donors (Lipinski definition) is 1. The van der Waals surface area contributed by atoms with E-state index < -0.39 is 22.8 Å². The van der Waals surface area contributed by atoms with Crippen molar-refractivity contribution in [1.29, 1.82) is 0 Å². The molecule has 1 aromatic heterocycles. The Labute approximate surface area is 159 Å². The molecule has 0 spiro atoms. The van der Waals surface area contributed by atoms with E-state index in [0.29, 0.717) is 31.7 Å². The molecule has 1 fully saturated rings. The predicted octanol–water partition coefficient (Wildman–Crippen LogP) is 0.425. The molecule has 28 heavy (non-hydrogen) atoms. The molecule has 0 bridgehead atoms. The summed E-state index contributed by atoms with van der Waals surface area (Å²) in [6.07, 6.45) is 1.23. The van der Waals surface area contributed by atoms with Gasteiger partial charge in [-0.05, 0) is 6.07 Å². The average Bonchev–Trinajstić information content (AvgIpc) is 2.65. The van der Waals surface area contributed by atoms with Gasteiger partial charge < -0.3 is 19.6 Å². The van der Waals surface area contributed by atoms with Crippen molar-refractivity contribution in [3.63, 3.8) is 0 Å². The first-order valence-corrected chi connectivity index (χ1v) is 8.79. The monoisotopic (exact) mass is 390 g/mol. The fourth-order valence-corrected chi connectivity index (χ4v) is 3.72. The number of carboxylic acid groups (broad SMARTS) is 1. The second-order valence-corrected chi connectivity index (χ2v) is 6.88. The van der Waals surface area contributed by atoms with E-state index in [9.17, 15) is 19.5 Å². The molecular formula is C18H19FN4O5. The van der Waals surface area contributed by atoms with Gasteiger partial charge in [-0.3, -0.25) is 19.3 Å². The molecule has 0 radical (unpaired) electrons. The number of aromatic carboxylic acids is 1. The van der Waals surface area contributed by atoms with Crippen molar-refractivity contribution in [2.75, 3.05) is 49.9 Å². The first-order valence-electron chi connectivity index (χ1n) is 8.79. The standard InChI is InChI=1S/C18H19FN4O5/c1-10(24)21-3-5-22(6-4-21)15-13(19)7-11-14-17(15)28-9-20(2)23(14)8-12(16(11)25)18(26)27/h7-8H,3-6,9H2,1-2H3,(H,26,27). The van der Waals surface area contributed by atoms with Crippen LogP contribution in [0, 0.1) is 5.82 Å². The number of carbonyl (C=O) groups excluding carboxylic acids is 1. The Hall–Kier alpha value is -3.30. The van der Waals surface area contributed by atoms with E-state index in [1.807, 2.05) is 0 Å². The van der Waals surface area contributed by atoms with Gasteiger partial charge in [0.1, 0.15) is 16.8 Å². The molecule has 148 valence electrons. The second-order valence-electron chi connectivity index (χ2n) is 6.88. The summed E-state index contributed by atoms with van der Waals surface area (Å²) in [6, 6.07) is 1.07. The highest BCUT2D eigenvalue weighted by atomic mass is 19.1. The van der Waals surface area contributed by atoms with E-state index in [4.69, 9.17) is 4.74 Å². The van der Waals surface area contributed by atoms with Crippen LogP contribution in [0.5, 0.6) is 5.75 Å². The topological polar surface area (TPSA) is 95.3 Å². The number of pyridine rings is 1. The molecule has 0 atom stereocenters. The quantitative estimate of drug-likeness (QED) is 0.794. The van der Waals surface area contributed by atoms with Crippen LogP contribution >= 0.6 is 0 Å². The van der Waals surface area contributed by atoms with Crippen LogP contribution in [0.15, 0.2) is 17.1 Å². The summed E-state index contributed by atoms with van der Waals surface area (Å²) in [6.45, 7) is 3.31. The molecular weight excluding hydrogens is 371 g/mol. The fourth-order valence-electron chi connectivity index (χ4n) is 3.72. The minimum atomic E-state index is -1.37. The minimum Gasteiger partial charge on any atom is -0.477 e. The maximum absolute atomic E-state index is 15.1. The average molecular weight is 390 g/mol. The lowest BCUT2D eigenvalue weighted by atomic mass is 10.1. The smallest absolute Gasteiger partial charge is 0.341 e. The zero-order chi connectivity index (χ0) is 20.2. The molecule has 1 amide bonds. The van der Waals surface area contributed by atoms with Gasteiger partial charge in [0, 0.05) is 46.3 Å². The minimum absolute atomic E-state index is 0.0344. The maximum Gasteiger partial charge on any atom is 0.341 e. The van der Waals surface area contributed by atoms with Gasteiger partial charge in [0.15, 0.2) is 18.3 Å². The number of aromatic nitrogens is 1. The van der Waals surface area contributed by atoms with Crippen molar-refractivity contribution in [3.8, 4) is 5.75 Å². The number of ether oxygens (including phenoxy) is 1. The number of carbonyl (C=O) groups is 2. The van der Waals surface area contributed by atoms with Crippen molar-refractivity contribution < 1.29 is 23.8 Å². The first kappa shape index (κ1) is 18.1. The van der Waals surface area contributed by atoms with E-state index in [-0.39, 0.29) is 29.5 Å². The molecule has 10 heteroatoms. The van der Waals surface area contributed by atoms with Gasteiger partial charge in [-0.15, -0.1) is 0 Å². The van der Waals surface area contributed by atoms with Gasteiger partial charge in [-0.2, -0.15) is 0 Å². The Balaban J connectivity index is 1.90. The zero-order valence-corrected chi connectivity index (χ0v) is 15.4. The Morgan fingerprint density at radius 2 is 1.89 bits per heavy atom. The van der Waals surface area contributed by atoms with Gasteiger partial charge >= 0.3 is 5.97 Å². The third-order valence-electron chi connectivity index (χ3n) is 5.19. The van der Waals surface area contributed by atoms with E-state index >= 15 is 4.39 Å². The molecule has 2 aliphatic rings. The summed E-state index contributed by atoms with van der Waals surface area (Å²) in [5, 5.41) is 10.9. The summed E-state index contributed by atoms with van der Waals surface area (Å²) in [5.74, 6) is -1.86. The van der Waals surface area contributed by atoms with Gasteiger partial charge in [-0.25, -0.2) is 9.18 Å². The lowest BCUT2D eigenvalue weighted by Crippen LogP contribution is -2.49. The van der Waals surface area contributed by atoms with Crippen molar-refractivity contribution in [2.24, 2.45) is 0 Å². The SMILES string of the molecule is CC(=O)N1CCN(c2c(F)cc3c(=O)c(C(=O)O)cn4c3c2OCN4C)CC1. The summed E-state index contributed by atoms with van der Waals surface area (Å²) in [5.41, 5.74) is -0.644. The largest absolute Gasteiger partial charge is 0.477 e. The first-order chi connectivity index (χ1) is 13.3. The van der Waals surface area contributed by atoms with Crippen LogP contribution < -0.4 is 20.1 Å². The van der Waals surface area contributed by atoms with Gasteiger partial charge in [-0.1, -0.05) is 0 Å². The predicted molar refractivity (Wildman–Crippen MR) is 99.2 cm³/mol. The van der Waals surface area contributed by atoms with Crippen LogP contribution in [0.1, 0.15) is 17.3 Å². The number of rotatable bonds is 2. The fraction of sp³-hybridized carbons (Fsp3) is 0.389.